The first-order valence-electron chi connectivity index (χ1n) is 5.93. The molecule has 1 saturated carbocycles. The summed E-state index contributed by atoms with van der Waals surface area (Å²) < 4.78 is 0. The zero-order chi connectivity index (χ0) is 10.2. The van der Waals surface area contributed by atoms with Crippen LogP contribution in [0.25, 0.3) is 0 Å². The van der Waals surface area contributed by atoms with Gasteiger partial charge in [-0.3, -0.25) is 0 Å². The highest BCUT2D eigenvalue weighted by atomic mass is 14.5. The average molecular weight is 190 g/mol. The Labute approximate surface area is 88.1 Å². The molecule has 3 aliphatic carbocycles. The smallest absolute Gasteiger partial charge is 0.0174 e. The van der Waals surface area contributed by atoms with Gasteiger partial charge >= 0.3 is 0 Å². The summed E-state index contributed by atoms with van der Waals surface area (Å²) in [6.45, 7) is 6.89. The summed E-state index contributed by atoms with van der Waals surface area (Å²) in [5, 5.41) is 0. The van der Waals surface area contributed by atoms with Crippen LogP contribution < -0.4 is 0 Å². The highest BCUT2D eigenvalue weighted by Gasteiger charge is 2.50. The van der Waals surface area contributed by atoms with Crippen molar-refractivity contribution in [3.63, 3.8) is 0 Å². The van der Waals surface area contributed by atoms with E-state index in [0.29, 0.717) is 5.41 Å². The third-order valence-electron chi connectivity index (χ3n) is 4.34. The van der Waals surface area contributed by atoms with Crippen molar-refractivity contribution in [3.8, 4) is 0 Å². The lowest BCUT2D eigenvalue weighted by molar-refractivity contribution is -0.0230. The molecule has 0 aromatic rings. The Morgan fingerprint density at radius 2 is 2.29 bits per heavy atom. The minimum atomic E-state index is 0.640. The van der Waals surface area contributed by atoms with Crippen LogP contribution in [0.2, 0.25) is 0 Å². The van der Waals surface area contributed by atoms with Gasteiger partial charge in [-0.25, -0.2) is 0 Å². The molecular weight excluding hydrogens is 168 g/mol. The van der Waals surface area contributed by atoms with Gasteiger partial charge in [0, 0.05) is 0 Å². The summed E-state index contributed by atoms with van der Waals surface area (Å²) in [4.78, 5) is 0. The molecule has 0 aliphatic heterocycles. The predicted octanol–water partition coefficient (Wildman–Crippen LogP) is 4.34. The fourth-order valence-corrected chi connectivity index (χ4v) is 3.12. The van der Waals surface area contributed by atoms with Crippen LogP contribution in [0, 0.1) is 17.3 Å². The molecule has 0 spiro atoms. The molecule has 0 saturated heterocycles. The molecule has 0 nitrogen and oxygen atoms in total. The van der Waals surface area contributed by atoms with Crippen LogP contribution in [0.5, 0.6) is 0 Å². The Bertz CT molecular complexity index is 268. The van der Waals surface area contributed by atoms with E-state index in [2.05, 4.69) is 39.0 Å². The van der Waals surface area contributed by atoms with Crippen molar-refractivity contribution < 1.29 is 0 Å². The molecule has 0 heterocycles. The standard InChI is InChI=1S/C14H22/c1-11(2)6-5-9-14(3)12-7-4-8-13(14)10-12/h4,6-7,12-13H,5,8-10H2,1-3H3. The van der Waals surface area contributed by atoms with Crippen LogP contribution in [0.15, 0.2) is 23.8 Å². The quantitative estimate of drug-likeness (QED) is 0.581. The van der Waals surface area contributed by atoms with Gasteiger partial charge in [0.05, 0.1) is 0 Å². The molecular formula is C14H22. The van der Waals surface area contributed by atoms with Gasteiger partial charge in [0.2, 0.25) is 0 Å². The number of hydrogen-bond donors (Lipinski definition) is 0. The molecule has 14 heavy (non-hydrogen) atoms. The Hall–Kier alpha value is -0.520. The predicted molar refractivity (Wildman–Crippen MR) is 62.1 cm³/mol. The van der Waals surface area contributed by atoms with Crippen LogP contribution in [-0.4, -0.2) is 0 Å². The van der Waals surface area contributed by atoms with E-state index in [4.69, 9.17) is 0 Å². The molecule has 0 N–H and O–H groups in total. The van der Waals surface area contributed by atoms with Crippen molar-refractivity contribution in [1.29, 1.82) is 0 Å². The average Bonchev–Trinajstić information content (AvgIpc) is 2.18. The molecule has 0 aromatic heterocycles. The van der Waals surface area contributed by atoms with Gasteiger partial charge in [0.25, 0.3) is 0 Å². The summed E-state index contributed by atoms with van der Waals surface area (Å²) in [6.07, 6.45) is 12.7. The zero-order valence-electron chi connectivity index (χ0n) is 9.72. The highest BCUT2D eigenvalue weighted by Crippen LogP contribution is 2.59. The summed E-state index contributed by atoms with van der Waals surface area (Å²) in [6, 6.07) is 0. The summed E-state index contributed by atoms with van der Waals surface area (Å²) in [5.41, 5.74) is 2.11. The first kappa shape index (κ1) is 10.0. The molecule has 3 unspecified atom stereocenters. The molecule has 78 valence electrons. The van der Waals surface area contributed by atoms with Crippen molar-refractivity contribution in [2.45, 2.75) is 46.5 Å². The van der Waals surface area contributed by atoms with Gasteiger partial charge in [0.15, 0.2) is 0 Å². The van der Waals surface area contributed by atoms with Gasteiger partial charge in [-0.1, -0.05) is 30.7 Å². The topological polar surface area (TPSA) is 0 Å². The van der Waals surface area contributed by atoms with E-state index in [1.807, 2.05) is 0 Å². The molecule has 2 bridgehead atoms. The van der Waals surface area contributed by atoms with Gasteiger partial charge in [0.1, 0.15) is 0 Å². The number of allylic oxidation sites excluding steroid dienone is 4. The third-order valence-corrected chi connectivity index (χ3v) is 4.34. The fraction of sp³-hybridized carbons (Fsp3) is 0.714. The summed E-state index contributed by atoms with van der Waals surface area (Å²) >= 11 is 0. The Kier molecular flexibility index (Phi) is 2.55. The second kappa shape index (κ2) is 3.56. The van der Waals surface area contributed by atoms with Gasteiger partial charge in [-0.2, -0.15) is 0 Å². The SMILES string of the molecule is CC(C)=CCCC1(C)C2C=CCC1C2. The molecule has 3 rings (SSSR count). The van der Waals surface area contributed by atoms with Crippen LogP contribution >= 0.6 is 0 Å². The van der Waals surface area contributed by atoms with Crippen molar-refractivity contribution >= 4 is 0 Å². The largest absolute Gasteiger partial charge is 0.0879 e. The van der Waals surface area contributed by atoms with E-state index in [1.165, 1.54) is 31.3 Å². The van der Waals surface area contributed by atoms with E-state index >= 15 is 0 Å². The maximum Gasteiger partial charge on any atom is -0.0174 e. The minimum Gasteiger partial charge on any atom is -0.0879 e. The lowest BCUT2D eigenvalue weighted by Crippen LogP contribution is -2.47. The molecule has 0 aromatic carbocycles. The van der Waals surface area contributed by atoms with Gasteiger partial charge < -0.3 is 0 Å². The first-order valence-corrected chi connectivity index (χ1v) is 5.93. The normalized spacial score (nSPS) is 39.1. The Morgan fingerprint density at radius 3 is 2.79 bits per heavy atom. The van der Waals surface area contributed by atoms with E-state index in [1.54, 1.807) is 0 Å². The molecule has 3 aliphatic rings. The van der Waals surface area contributed by atoms with Crippen LogP contribution in [0.1, 0.15) is 46.5 Å². The van der Waals surface area contributed by atoms with E-state index in [0.717, 1.165) is 11.8 Å². The molecule has 0 radical (unpaired) electrons. The molecule has 1 fully saturated rings. The Balaban J connectivity index is 1.92. The zero-order valence-corrected chi connectivity index (χ0v) is 9.72. The number of hydrogen-bond acceptors (Lipinski definition) is 0. The second-order valence-electron chi connectivity index (χ2n) is 5.53. The monoisotopic (exact) mass is 190 g/mol. The van der Waals surface area contributed by atoms with Crippen molar-refractivity contribution in [3.05, 3.63) is 23.8 Å². The van der Waals surface area contributed by atoms with Crippen molar-refractivity contribution in [2.75, 3.05) is 0 Å². The molecule has 3 atom stereocenters. The fourth-order valence-electron chi connectivity index (χ4n) is 3.12. The molecule has 0 amide bonds. The van der Waals surface area contributed by atoms with Crippen molar-refractivity contribution in [2.24, 2.45) is 17.3 Å². The van der Waals surface area contributed by atoms with Crippen LogP contribution in [0.4, 0.5) is 0 Å². The van der Waals surface area contributed by atoms with Crippen LogP contribution in [0.3, 0.4) is 0 Å². The number of fused-ring (bicyclic) bond motifs is 1. The summed E-state index contributed by atoms with van der Waals surface area (Å²) in [7, 11) is 0. The van der Waals surface area contributed by atoms with Crippen LogP contribution in [-0.2, 0) is 0 Å². The highest BCUT2D eigenvalue weighted by molar-refractivity contribution is 5.15. The first-order chi connectivity index (χ1) is 6.63. The van der Waals surface area contributed by atoms with Crippen molar-refractivity contribution in [1.82, 2.24) is 0 Å². The lowest BCUT2D eigenvalue weighted by atomic mass is 9.49. The maximum absolute atomic E-state index is 2.49. The van der Waals surface area contributed by atoms with E-state index in [-0.39, 0.29) is 0 Å². The summed E-state index contributed by atoms with van der Waals surface area (Å²) in [5.74, 6) is 1.88. The Morgan fingerprint density at radius 1 is 1.50 bits per heavy atom. The lowest BCUT2D eigenvalue weighted by Gasteiger charge is -2.56. The minimum absolute atomic E-state index is 0.640. The second-order valence-corrected chi connectivity index (χ2v) is 5.53. The number of rotatable bonds is 3. The van der Waals surface area contributed by atoms with Gasteiger partial charge in [-0.15, -0.1) is 0 Å². The maximum atomic E-state index is 2.49. The third kappa shape index (κ3) is 1.55. The molecule has 0 heteroatoms. The van der Waals surface area contributed by atoms with E-state index in [9.17, 15) is 0 Å². The van der Waals surface area contributed by atoms with E-state index < -0.39 is 0 Å². The van der Waals surface area contributed by atoms with Gasteiger partial charge in [-0.05, 0) is 56.8 Å².